The quantitative estimate of drug-likeness (QED) is 0.733. The van der Waals surface area contributed by atoms with Gasteiger partial charge in [0.05, 0.1) is 11.4 Å². The molecule has 0 aromatic carbocycles. The first kappa shape index (κ1) is 18.5. The maximum atomic E-state index is 11.9. The number of nitrogens with zero attached hydrogens (tertiary/aromatic N) is 2. The van der Waals surface area contributed by atoms with Crippen molar-refractivity contribution in [2.75, 3.05) is 5.75 Å². The molecule has 0 radical (unpaired) electrons. The van der Waals surface area contributed by atoms with E-state index < -0.39 is 12.0 Å². The molecule has 2 atom stereocenters. The molecule has 130 valence electrons. The standard InChI is InChI=1S/C15H19N3O4S2/c1-3-9(2)13(14(21)22)17-11(19)8-23-7-10-6-12(20)18-4-5-24-15(18)16-10/h4-6,9,13H,3,7-8H2,1-2H3,(H,17,19)(H,21,22)/t9-,13-/m0/s1. The van der Waals surface area contributed by atoms with Crippen LogP contribution in [0.3, 0.4) is 0 Å². The molecule has 0 fully saturated rings. The molecule has 0 aliphatic rings. The van der Waals surface area contributed by atoms with E-state index in [1.807, 2.05) is 6.92 Å². The molecule has 9 heteroatoms. The van der Waals surface area contributed by atoms with E-state index in [9.17, 15) is 19.5 Å². The second-order valence-corrected chi connectivity index (χ2v) is 7.26. The number of carboxylic acids is 1. The van der Waals surface area contributed by atoms with E-state index in [2.05, 4.69) is 10.3 Å². The Balaban J connectivity index is 1.89. The Bertz CT molecular complexity index is 786. The number of aromatic nitrogens is 2. The number of hydrogen-bond donors (Lipinski definition) is 2. The van der Waals surface area contributed by atoms with Crippen molar-refractivity contribution in [2.45, 2.75) is 32.1 Å². The Morgan fingerprint density at radius 3 is 2.92 bits per heavy atom. The number of thioether (sulfide) groups is 1. The number of rotatable bonds is 8. The normalized spacial score (nSPS) is 13.6. The Morgan fingerprint density at radius 1 is 1.50 bits per heavy atom. The number of amides is 1. The molecular formula is C15H19N3O4S2. The minimum atomic E-state index is -1.03. The molecule has 0 bridgehead atoms. The zero-order valence-corrected chi connectivity index (χ0v) is 15.0. The molecule has 0 saturated carbocycles. The van der Waals surface area contributed by atoms with Gasteiger partial charge in [-0.3, -0.25) is 14.0 Å². The fourth-order valence-corrected chi connectivity index (χ4v) is 3.57. The fraction of sp³-hybridized carbons (Fsp3) is 0.467. The predicted molar refractivity (Wildman–Crippen MR) is 94.5 cm³/mol. The van der Waals surface area contributed by atoms with Gasteiger partial charge in [0.1, 0.15) is 6.04 Å². The van der Waals surface area contributed by atoms with Crippen LogP contribution in [0.25, 0.3) is 4.96 Å². The number of fused-ring (bicyclic) bond motifs is 1. The van der Waals surface area contributed by atoms with Crippen LogP contribution in [0.1, 0.15) is 26.0 Å². The van der Waals surface area contributed by atoms with Crippen LogP contribution in [0.4, 0.5) is 0 Å². The zero-order chi connectivity index (χ0) is 17.7. The molecule has 2 rings (SSSR count). The molecule has 24 heavy (non-hydrogen) atoms. The maximum absolute atomic E-state index is 11.9. The zero-order valence-electron chi connectivity index (χ0n) is 13.4. The third-order valence-electron chi connectivity index (χ3n) is 3.63. The Hall–Kier alpha value is -1.87. The molecule has 1 amide bonds. The predicted octanol–water partition coefficient (Wildman–Crippen LogP) is 1.60. The number of carboxylic acid groups (broad SMARTS) is 1. The highest BCUT2D eigenvalue weighted by Gasteiger charge is 2.25. The Morgan fingerprint density at radius 2 is 2.25 bits per heavy atom. The van der Waals surface area contributed by atoms with Crippen molar-refractivity contribution in [3.63, 3.8) is 0 Å². The third kappa shape index (κ3) is 4.57. The second-order valence-electron chi connectivity index (χ2n) is 5.40. The lowest BCUT2D eigenvalue weighted by Crippen LogP contribution is -2.45. The molecule has 2 aromatic heterocycles. The van der Waals surface area contributed by atoms with Gasteiger partial charge in [-0.15, -0.1) is 23.1 Å². The van der Waals surface area contributed by atoms with Gasteiger partial charge in [0.25, 0.3) is 5.56 Å². The molecule has 7 nitrogen and oxygen atoms in total. The van der Waals surface area contributed by atoms with Crippen LogP contribution in [-0.2, 0) is 15.3 Å². The van der Waals surface area contributed by atoms with Gasteiger partial charge in [-0.25, -0.2) is 9.78 Å². The van der Waals surface area contributed by atoms with Crippen LogP contribution in [0.15, 0.2) is 22.4 Å². The van der Waals surface area contributed by atoms with E-state index in [-0.39, 0.29) is 23.1 Å². The van der Waals surface area contributed by atoms with Gasteiger partial charge in [0.15, 0.2) is 4.96 Å². The van der Waals surface area contributed by atoms with E-state index in [0.717, 1.165) is 0 Å². The van der Waals surface area contributed by atoms with Crippen LogP contribution >= 0.6 is 23.1 Å². The first-order valence-corrected chi connectivity index (χ1v) is 9.51. The molecular weight excluding hydrogens is 350 g/mol. The lowest BCUT2D eigenvalue weighted by Gasteiger charge is -2.19. The lowest BCUT2D eigenvalue weighted by atomic mass is 9.99. The van der Waals surface area contributed by atoms with Crippen LogP contribution in [0.2, 0.25) is 0 Å². The number of hydrogen-bond acceptors (Lipinski definition) is 6. The van der Waals surface area contributed by atoms with Crippen molar-refractivity contribution in [1.29, 1.82) is 0 Å². The topological polar surface area (TPSA) is 101 Å². The smallest absolute Gasteiger partial charge is 0.326 e. The van der Waals surface area contributed by atoms with Crippen LogP contribution in [0.5, 0.6) is 0 Å². The summed E-state index contributed by atoms with van der Waals surface area (Å²) >= 11 is 2.67. The van der Waals surface area contributed by atoms with Crippen LogP contribution in [-0.4, -0.2) is 38.2 Å². The summed E-state index contributed by atoms with van der Waals surface area (Å²) in [6.45, 7) is 3.67. The van der Waals surface area contributed by atoms with E-state index in [4.69, 9.17) is 0 Å². The molecule has 0 spiro atoms. The minimum absolute atomic E-state index is 0.117. The third-order valence-corrected chi connectivity index (χ3v) is 5.36. The van der Waals surface area contributed by atoms with Gasteiger partial charge < -0.3 is 10.4 Å². The van der Waals surface area contributed by atoms with Gasteiger partial charge in [0.2, 0.25) is 5.91 Å². The highest BCUT2D eigenvalue weighted by Crippen LogP contribution is 2.13. The van der Waals surface area contributed by atoms with E-state index in [0.29, 0.717) is 22.8 Å². The van der Waals surface area contributed by atoms with Gasteiger partial charge in [0, 0.05) is 23.4 Å². The summed E-state index contributed by atoms with van der Waals surface area (Å²) in [5.74, 6) is -0.967. The maximum Gasteiger partial charge on any atom is 0.326 e. The van der Waals surface area contributed by atoms with Gasteiger partial charge in [-0.1, -0.05) is 20.3 Å². The summed E-state index contributed by atoms with van der Waals surface area (Å²) in [4.78, 5) is 40.0. The summed E-state index contributed by atoms with van der Waals surface area (Å²) < 4.78 is 1.47. The summed E-state index contributed by atoms with van der Waals surface area (Å²) in [6.07, 6.45) is 2.33. The molecule has 2 heterocycles. The van der Waals surface area contributed by atoms with Crippen molar-refractivity contribution >= 4 is 39.9 Å². The van der Waals surface area contributed by atoms with Crippen molar-refractivity contribution in [1.82, 2.24) is 14.7 Å². The highest BCUT2D eigenvalue weighted by atomic mass is 32.2. The molecule has 0 aliphatic carbocycles. The van der Waals surface area contributed by atoms with E-state index >= 15 is 0 Å². The minimum Gasteiger partial charge on any atom is -0.480 e. The largest absolute Gasteiger partial charge is 0.480 e. The Kier molecular flexibility index (Phi) is 6.38. The summed E-state index contributed by atoms with van der Waals surface area (Å²) in [5.41, 5.74) is 0.459. The summed E-state index contributed by atoms with van der Waals surface area (Å²) in [5, 5.41) is 13.5. The van der Waals surface area contributed by atoms with Crippen LogP contribution in [0, 0.1) is 5.92 Å². The monoisotopic (exact) mass is 369 g/mol. The SMILES string of the molecule is CC[C@H](C)[C@H](NC(=O)CSCc1cc(=O)n2ccsc2n1)C(=O)O. The average Bonchev–Trinajstić information content (AvgIpc) is 3.00. The van der Waals surface area contributed by atoms with Gasteiger partial charge in [-0.05, 0) is 5.92 Å². The van der Waals surface area contributed by atoms with Gasteiger partial charge in [-0.2, -0.15) is 0 Å². The fourth-order valence-electron chi connectivity index (χ4n) is 2.11. The average molecular weight is 369 g/mol. The highest BCUT2D eigenvalue weighted by molar-refractivity contribution is 7.99. The number of thiazole rings is 1. The number of carbonyl (C=O) groups excluding carboxylic acids is 1. The van der Waals surface area contributed by atoms with Crippen molar-refractivity contribution in [2.24, 2.45) is 5.92 Å². The van der Waals surface area contributed by atoms with E-state index in [1.54, 1.807) is 18.5 Å². The first-order chi connectivity index (χ1) is 11.4. The number of carbonyl (C=O) groups is 2. The van der Waals surface area contributed by atoms with Crippen molar-refractivity contribution in [3.8, 4) is 0 Å². The Labute approximate surface area is 147 Å². The van der Waals surface area contributed by atoms with E-state index in [1.165, 1.54) is 33.6 Å². The lowest BCUT2D eigenvalue weighted by molar-refractivity contribution is -0.143. The second kappa shape index (κ2) is 8.29. The number of aliphatic carboxylic acids is 1. The van der Waals surface area contributed by atoms with Crippen molar-refractivity contribution in [3.05, 3.63) is 33.7 Å². The van der Waals surface area contributed by atoms with Crippen LogP contribution < -0.4 is 10.9 Å². The molecule has 0 unspecified atom stereocenters. The van der Waals surface area contributed by atoms with Gasteiger partial charge >= 0.3 is 5.97 Å². The number of nitrogens with one attached hydrogen (secondary N) is 1. The van der Waals surface area contributed by atoms with Crippen molar-refractivity contribution < 1.29 is 14.7 Å². The molecule has 2 N–H and O–H groups in total. The first-order valence-electron chi connectivity index (χ1n) is 7.48. The summed E-state index contributed by atoms with van der Waals surface area (Å²) in [7, 11) is 0. The molecule has 0 saturated heterocycles. The molecule has 2 aromatic rings. The molecule has 0 aliphatic heterocycles. The summed E-state index contributed by atoms with van der Waals surface area (Å²) in [6, 6.07) is 0.567.